The van der Waals surface area contributed by atoms with Crippen molar-refractivity contribution in [1.82, 2.24) is 15.2 Å². The van der Waals surface area contributed by atoms with E-state index in [2.05, 4.69) is 25.2 Å². The van der Waals surface area contributed by atoms with Gasteiger partial charge in [0.15, 0.2) is 5.65 Å². The van der Waals surface area contributed by atoms with Gasteiger partial charge in [0, 0.05) is 23.0 Å². The number of aliphatic hydroxyl groups is 2. The number of rotatable bonds is 5. The number of aromatic nitrogens is 3. The third-order valence-corrected chi connectivity index (χ3v) is 2.61. The first-order valence-electron chi connectivity index (χ1n) is 5.40. The molecule has 2 atom stereocenters. The van der Waals surface area contributed by atoms with E-state index in [1.165, 1.54) is 0 Å². The number of nitrogens with one attached hydrogen (secondary N) is 1. The largest absolute Gasteiger partial charge is 0.390 e. The molecular weight excluding hydrogens is 236 g/mol. The molecular formula is C10H12N6O2. The molecule has 2 aromatic heterocycles. The highest BCUT2D eigenvalue weighted by Gasteiger charge is 2.22. The molecule has 8 heteroatoms. The second-order valence-electron chi connectivity index (χ2n) is 3.77. The van der Waals surface area contributed by atoms with Crippen LogP contribution in [-0.4, -0.2) is 38.0 Å². The zero-order valence-corrected chi connectivity index (χ0v) is 9.43. The Morgan fingerprint density at radius 3 is 3.11 bits per heavy atom. The van der Waals surface area contributed by atoms with E-state index in [-0.39, 0.29) is 13.0 Å². The quantitative estimate of drug-likeness (QED) is 0.414. The van der Waals surface area contributed by atoms with E-state index in [1.54, 1.807) is 18.3 Å². The summed E-state index contributed by atoms with van der Waals surface area (Å²) in [4.78, 5) is 6.60. The van der Waals surface area contributed by atoms with E-state index in [9.17, 15) is 10.2 Å². The summed E-state index contributed by atoms with van der Waals surface area (Å²) < 4.78 is 0. The van der Waals surface area contributed by atoms with E-state index in [0.29, 0.717) is 16.7 Å². The number of hydrogen-bond acceptors (Lipinski definition) is 5. The molecule has 2 aromatic rings. The Kier molecular flexibility index (Phi) is 3.73. The van der Waals surface area contributed by atoms with Crippen LogP contribution in [0.15, 0.2) is 23.4 Å². The Hall–Kier alpha value is -2.15. The number of fused-ring (bicyclic) bond motifs is 1. The Bertz CT molecular complexity index is 577. The van der Waals surface area contributed by atoms with Gasteiger partial charge in [-0.15, -0.1) is 0 Å². The van der Waals surface area contributed by atoms with E-state index in [4.69, 9.17) is 5.53 Å². The molecule has 0 spiro atoms. The first-order valence-corrected chi connectivity index (χ1v) is 5.40. The van der Waals surface area contributed by atoms with Gasteiger partial charge in [0.2, 0.25) is 0 Å². The molecule has 2 rings (SSSR count). The molecule has 0 saturated heterocycles. The Morgan fingerprint density at radius 1 is 1.50 bits per heavy atom. The van der Waals surface area contributed by atoms with Crippen molar-refractivity contribution in [3.63, 3.8) is 0 Å². The molecule has 3 N–H and O–H groups in total. The molecule has 0 aliphatic heterocycles. The zero-order valence-electron chi connectivity index (χ0n) is 9.43. The lowest BCUT2D eigenvalue weighted by molar-refractivity contribution is 0.0133. The summed E-state index contributed by atoms with van der Waals surface area (Å²) in [7, 11) is 0. The minimum absolute atomic E-state index is 0.124. The predicted molar refractivity (Wildman–Crippen MR) is 63.5 cm³/mol. The second kappa shape index (κ2) is 5.46. The maximum absolute atomic E-state index is 9.99. The van der Waals surface area contributed by atoms with E-state index in [1.807, 2.05) is 0 Å². The van der Waals surface area contributed by atoms with Crippen molar-refractivity contribution in [2.75, 3.05) is 6.54 Å². The molecule has 8 nitrogen and oxygen atoms in total. The van der Waals surface area contributed by atoms with Gasteiger partial charge in [0.1, 0.15) is 6.10 Å². The Labute approximate surface area is 102 Å². The summed E-state index contributed by atoms with van der Waals surface area (Å²) in [6.45, 7) is 0.124. The lowest BCUT2D eigenvalue weighted by Crippen LogP contribution is -2.19. The van der Waals surface area contributed by atoms with Gasteiger partial charge in [-0.3, -0.25) is 5.10 Å². The molecule has 0 bridgehead atoms. The highest BCUT2D eigenvalue weighted by molar-refractivity contribution is 5.77. The molecule has 18 heavy (non-hydrogen) atoms. The van der Waals surface area contributed by atoms with E-state index >= 15 is 0 Å². The van der Waals surface area contributed by atoms with Crippen LogP contribution in [-0.2, 0) is 0 Å². The fraction of sp³-hybridized carbons (Fsp3) is 0.400. The van der Waals surface area contributed by atoms with Crippen LogP contribution >= 0.6 is 0 Å². The number of nitrogens with zero attached hydrogens (tertiary/aromatic N) is 5. The summed E-state index contributed by atoms with van der Waals surface area (Å²) >= 11 is 0. The third kappa shape index (κ3) is 2.40. The molecule has 2 heterocycles. The Balaban J connectivity index is 2.17. The molecule has 0 aromatic carbocycles. The van der Waals surface area contributed by atoms with Crippen LogP contribution < -0.4 is 0 Å². The van der Waals surface area contributed by atoms with Crippen LogP contribution in [0.3, 0.4) is 0 Å². The molecule has 0 aliphatic carbocycles. The first kappa shape index (κ1) is 12.3. The number of aliphatic hydroxyl groups excluding tert-OH is 2. The zero-order chi connectivity index (χ0) is 13.0. The summed E-state index contributed by atoms with van der Waals surface area (Å²) in [6.07, 6.45) is -0.379. The summed E-state index contributed by atoms with van der Waals surface area (Å²) in [5, 5.41) is 30.3. The maximum Gasteiger partial charge on any atom is 0.181 e. The average Bonchev–Trinajstić information content (AvgIpc) is 2.82. The lowest BCUT2D eigenvalue weighted by atomic mass is 10.1. The molecule has 0 fully saturated rings. The van der Waals surface area contributed by atoms with Crippen molar-refractivity contribution in [2.24, 2.45) is 5.11 Å². The Morgan fingerprint density at radius 2 is 2.33 bits per heavy atom. The van der Waals surface area contributed by atoms with Gasteiger partial charge in [-0.1, -0.05) is 5.11 Å². The van der Waals surface area contributed by atoms with Gasteiger partial charge in [-0.05, 0) is 24.1 Å². The molecule has 0 radical (unpaired) electrons. The van der Waals surface area contributed by atoms with Crippen molar-refractivity contribution >= 4 is 11.0 Å². The molecule has 0 amide bonds. The van der Waals surface area contributed by atoms with Crippen LogP contribution in [0.5, 0.6) is 0 Å². The molecule has 0 saturated carbocycles. The highest BCUT2D eigenvalue weighted by Crippen LogP contribution is 2.23. The van der Waals surface area contributed by atoms with Crippen LogP contribution in [0.1, 0.15) is 18.2 Å². The first-order chi connectivity index (χ1) is 8.74. The number of H-pyrrole nitrogens is 1. The number of aromatic amines is 1. The van der Waals surface area contributed by atoms with Gasteiger partial charge in [-0.25, -0.2) is 4.98 Å². The van der Waals surface area contributed by atoms with E-state index in [0.717, 1.165) is 0 Å². The molecule has 94 valence electrons. The summed E-state index contributed by atoms with van der Waals surface area (Å²) in [5.74, 6) is 0. The van der Waals surface area contributed by atoms with Gasteiger partial charge in [0.25, 0.3) is 0 Å². The maximum atomic E-state index is 9.99. The number of azide groups is 1. The SMILES string of the molecule is [N-]=[N+]=NCCC(O)C(O)c1[nH]nc2ncccc12. The van der Waals surface area contributed by atoms with Gasteiger partial charge < -0.3 is 10.2 Å². The topological polar surface area (TPSA) is 131 Å². The van der Waals surface area contributed by atoms with E-state index < -0.39 is 12.2 Å². The van der Waals surface area contributed by atoms with Crippen molar-refractivity contribution in [3.05, 3.63) is 34.5 Å². The smallest absolute Gasteiger partial charge is 0.181 e. The minimum Gasteiger partial charge on any atom is -0.390 e. The van der Waals surface area contributed by atoms with Crippen molar-refractivity contribution in [2.45, 2.75) is 18.6 Å². The van der Waals surface area contributed by atoms with Crippen molar-refractivity contribution < 1.29 is 10.2 Å². The highest BCUT2D eigenvalue weighted by atomic mass is 16.3. The fourth-order valence-electron chi connectivity index (χ4n) is 1.68. The standard InChI is InChI=1S/C10H12N6O2/c11-16-13-5-3-7(17)9(18)8-6-2-1-4-12-10(6)15-14-8/h1-2,4,7,9,17-18H,3,5H2,(H,12,14,15). The van der Waals surface area contributed by atoms with Gasteiger partial charge in [0.05, 0.1) is 11.8 Å². The molecule has 0 aliphatic rings. The van der Waals surface area contributed by atoms with Gasteiger partial charge >= 0.3 is 0 Å². The second-order valence-corrected chi connectivity index (χ2v) is 3.77. The minimum atomic E-state index is -1.12. The monoisotopic (exact) mass is 248 g/mol. The predicted octanol–water partition coefficient (Wildman–Crippen LogP) is 1.05. The fourth-order valence-corrected chi connectivity index (χ4v) is 1.68. The van der Waals surface area contributed by atoms with Crippen LogP contribution in [0, 0.1) is 0 Å². The normalized spacial score (nSPS) is 14.1. The summed E-state index contributed by atoms with van der Waals surface area (Å²) in [6, 6.07) is 3.48. The third-order valence-electron chi connectivity index (χ3n) is 2.61. The van der Waals surface area contributed by atoms with Gasteiger partial charge in [-0.2, -0.15) is 5.10 Å². The van der Waals surface area contributed by atoms with Crippen LogP contribution in [0.4, 0.5) is 0 Å². The molecule has 2 unspecified atom stereocenters. The average molecular weight is 248 g/mol. The summed E-state index contributed by atoms with van der Waals surface area (Å²) in [5.41, 5.74) is 9.02. The lowest BCUT2D eigenvalue weighted by Gasteiger charge is -2.15. The van der Waals surface area contributed by atoms with Crippen molar-refractivity contribution in [1.29, 1.82) is 0 Å². The van der Waals surface area contributed by atoms with Crippen LogP contribution in [0.2, 0.25) is 0 Å². The van der Waals surface area contributed by atoms with Crippen LogP contribution in [0.25, 0.3) is 21.5 Å². The number of hydrogen-bond donors (Lipinski definition) is 3. The number of pyridine rings is 1. The van der Waals surface area contributed by atoms with Crippen molar-refractivity contribution in [3.8, 4) is 0 Å².